The van der Waals surface area contributed by atoms with Crippen LogP contribution in [-0.4, -0.2) is 43.0 Å². The molecule has 0 saturated heterocycles. The largest absolute Gasteiger partial charge is 0.370 e. The van der Waals surface area contributed by atoms with E-state index < -0.39 is 0 Å². The average Bonchev–Trinajstić information content (AvgIpc) is 3.05. The molecule has 7 nitrogen and oxygen atoms in total. The lowest BCUT2D eigenvalue weighted by Crippen LogP contribution is -2.37. The minimum atomic E-state index is -0.136. The van der Waals surface area contributed by atoms with Crippen LogP contribution in [0.25, 0.3) is 0 Å². The van der Waals surface area contributed by atoms with E-state index in [0.29, 0.717) is 31.9 Å². The zero-order valence-corrected chi connectivity index (χ0v) is 14.2. The van der Waals surface area contributed by atoms with Gasteiger partial charge in [0.15, 0.2) is 0 Å². The maximum absolute atomic E-state index is 12.9. The van der Waals surface area contributed by atoms with Gasteiger partial charge in [0.2, 0.25) is 0 Å². The van der Waals surface area contributed by atoms with Gasteiger partial charge in [0, 0.05) is 43.2 Å². The Bertz CT molecular complexity index is 866. The van der Waals surface area contributed by atoms with E-state index in [1.807, 2.05) is 30.5 Å². The first-order valence-corrected chi connectivity index (χ1v) is 8.49. The predicted octanol–water partition coefficient (Wildman–Crippen LogP) is 1.91. The molecule has 0 saturated carbocycles. The van der Waals surface area contributed by atoms with E-state index in [1.165, 1.54) is 12.4 Å². The van der Waals surface area contributed by atoms with E-state index in [0.717, 1.165) is 11.3 Å². The Labute approximate surface area is 151 Å². The molecule has 1 amide bonds. The standard InChI is InChI=1S/C19H19N5O2/c25-19(18-10-21-6-7-22-18)24-11-16-4-2-8-23(16)12-17(13-24)26-14-15-3-1-5-20-9-15/h1-10,17H,11-14H2. The molecule has 132 valence electrons. The predicted molar refractivity (Wildman–Crippen MR) is 94.0 cm³/mol. The molecule has 3 aromatic heterocycles. The highest BCUT2D eigenvalue weighted by Crippen LogP contribution is 2.18. The lowest BCUT2D eigenvalue weighted by Gasteiger charge is -2.24. The third-order valence-electron chi connectivity index (χ3n) is 4.38. The van der Waals surface area contributed by atoms with Crippen molar-refractivity contribution in [2.75, 3.05) is 6.54 Å². The smallest absolute Gasteiger partial charge is 0.274 e. The Balaban J connectivity index is 1.53. The molecule has 0 radical (unpaired) electrons. The maximum atomic E-state index is 12.9. The number of hydrogen-bond acceptors (Lipinski definition) is 5. The monoisotopic (exact) mass is 349 g/mol. The van der Waals surface area contributed by atoms with E-state index in [-0.39, 0.29) is 12.0 Å². The maximum Gasteiger partial charge on any atom is 0.274 e. The van der Waals surface area contributed by atoms with Crippen LogP contribution in [0.2, 0.25) is 0 Å². The fraction of sp³-hybridized carbons (Fsp3) is 0.263. The molecule has 4 heterocycles. The van der Waals surface area contributed by atoms with Crippen LogP contribution >= 0.6 is 0 Å². The van der Waals surface area contributed by atoms with Crippen LogP contribution in [0.15, 0.2) is 61.4 Å². The molecule has 3 aromatic rings. The molecule has 0 bridgehead atoms. The number of carbonyl (C=O) groups is 1. The van der Waals surface area contributed by atoms with Crippen LogP contribution < -0.4 is 0 Å². The molecule has 0 N–H and O–H groups in total. The molecular weight excluding hydrogens is 330 g/mol. The molecular formula is C19H19N5O2. The highest BCUT2D eigenvalue weighted by Gasteiger charge is 2.26. The van der Waals surface area contributed by atoms with Crippen LogP contribution in [0.1, 0.15) is 21.7 Å². The van der Waals surface area contributed by atoms with Crippen molar-refractivity contribution in [3.63, 3.8) is 0 Å². The number of amides is 1. The second kappa shape index (κ2) is 7.45. The van der Waals surface area contributed by atoms with Crippen molar-refractivity contribution in [2.45, 2.75) is 25.8 Å². The van der Waals surface area contributed by atoms with Gasteiger partial charge in [-0.25, -0.2) is 4.98 Å². The Morgan fingerprint density at radius 1 is 1.12 bits per heavy atom. The number of fused-ring (bicyclic) bond motifs is 1. The number of carbonyl (C=O) groups excluding carboxylic acids is 1. The number of ether oxygens (including phenoxy) is 1. The number of hydrogen-bond donors (Lipinski definition) is 0. The Hall–Kier alpha value is -3.06. The van der Waals surface area contributed by atoms with Gasteiger partial charge in [-0.15, -0.1) is 0 Å². The lowest BCUT2D eigenvalue weighted by atomic mass is 10.2. The SMILES string of the molecule is O=C(c1cnccn1)N1Cc2cccn2CC(OCc2cccnc2)C1. The minimum absolute atomic E-state index is 0.121. The third kappa shape index (κ3) is 3.62. The molecule has 7 heteroatoms. The van der Waals surface area contributed by atoms with Gasteiger partial charge >= 0.3 is 0 Å². The highest BCUT2D eigenvalue weighted by molar-refractivity contribution is 5.91. The summed E-state index contributed by atoms with van der Waals surface area (Å²) in [4.78, 5) is 26.9. The molecule has 1 unspecified atom stereocenters. The average molecular weight is 349 g/mol. The molecule has 0 aromatic carbocycles. The highest BCUT2D eigenvalue weighted by atomic mass is 16.5. The number of rotatable bonds is 4. The number of aromatic nitrogens is 4. The van der Waals surface area contributed by atoms with Gasteiger partial charge in [0.1, 0.15) is 5.69 Å². The first kappa shape index (κ1) is 16.4. The van der Waals surface area contributed by atoms with Crippen LogP contribution in [0.5, 0.6) is 0 Å². The molecule has 1 aliphatic rings. The van der Waals surface area contributed by atoms with E-state index in [4.69, 9.17) is 4.74 Å². The van der Waals surface area contributed by atoms with Gasteiger partial charge in [-0.1, -0.05) is 6.07 Å². The van der Waals surface area contributed by atoms with Crippen molar-refractivity contribution in [3.05, 3.63) is 78.4 Å². The Morgan fingerprint density at radius 2 is 2.04 bits per heavy atom. The second-order valence-corrected chi connectivity index (χ2v) is 6.22. The minimum Gasteiger partial charge on any atom is -0.370 e. The summed E-state index contributed by atoms with van der Waals surface area (Å²) in [5.74, 6) is -0.136. The zero-order chi connectivity index (χ0) is 17.8. The summed E-state index contributed by atoms with van der Waals surface area (Å²) in [5.41, 5.74) is 2.43. The van der Waals surface area contributed by atoms with Gasteiger partial charge in [0.25, 0.3) is 5.91 Å². The van der Waals surface area contributed by atoms with Gasteiger partial charge in [-0.05, 0) is 23.8 Å². The number of pyridine rings is 1. The molecule has 1 atom stereocenters. The fourth-order valence-electron chi connectivity index (χ4n) is 3.08. The summed E-state index contributed by atoms with van der Waals surface area (Å²) in [5, 5.41) is 0. The third-order valence-corrected chi connectivity index (χ3v) is 4.38. The molecule has 1 aliphatic heterocycles. The summed E-state index contributed by atoms with van der Waals surface area (Å²) in [7, 11) is 0. The van der Waals surface area contributed by atoms with Crippen molar-refractivity contribution in [3.8, 4) is 0 Å². The second-order valence-electron chi connectivity index (χ2n) is 6.22. The van der Waals surface area contributed by atoms with Gasteiger partial charge in [-0.3, -0.25) is 14.8 Å². The summed E-state index contributed by atoms with van der Waals surface area (Å²) in [6.45, 7) is 2.18. The first-order valence-electron chi connectivity index (χ1n) is 8.49. The summed E-state index contributed by atoms with van der Waals surface area (Å²) in [6.07, 6.45) is 10.0. The molecule has 0 spiro atoms. The van der Waals surface area contributed by atoms with Crippen LogP contribution in [0.4, 0.5) is 0 Å². The van der Waals surface area contributed by atoms with Crippen molar-refractivity contribution < 1.29 is 9.53 Å². The van der Waals surface area contributed by atoms with Gasteiger partial charge < -0.3 is 14.2 Å². The van der Waals surface area contributed by atoms with Crippen LogP contribution in [-0.2, 0) is 24.4 Å². The Morgan fingerprint density at radius 3 is 2.85 bits per heavy atom. The van der Waals surface area contributed by atoms with E-state index >= 15 is 0 Å². The van der Waals surface area contributed by atoms with Gasteiger partial charge in [-0.2, -0.15) is 0 Å². The van der Waals surface area contributed by atoms with Crippen molar-refractivity contribution in [1.82, 2.24) is 24.4 Å². The van der Waals surface area contributed by atoms with E-state index in [2.05, 4.69) is 19.5 Å². The summed E-state index contributed by atoms with van der Waals surface area (Å²) < 4.78 is 8.24. The normalized spacial score (nSPS) is 16.8. The topological polar surface area (TPSA) is 73.1 Å². The van der Waals surface area contributed by atoms with Crippen LogP contribution in [0, 0.1) is 0 Å². The molecule has 0 aliphatic carbocycles. The fourth-order valence-corrected chi connectivity index (χ4v) is 3.08. The van der Waals surface area contributed by atoms with E-state index in [9.17, 15) is 4.79 Å². The summed E-state index contributed by atoms with van der Waals surface area (Å²) in [6, 6.07) is 7.89. The van der Waals surface area contributed by atoms with Crippen molar-refractivity contribution in [1.29, 1.82) is 0 Å². The van der Waals surface area contributed by atoms with E-state index in [1.54, 1.807) is 23.5 Å². The number of nitrogens with zero attached hydrogens (tertiary/aromatic N) is 5. The zero-order valence-electron chi connectivity index (χ0n) is 14.2. The van der Waals surface area contributed by atoms with Crippen LogP contribution in [0.3, 0.4) is 0 Å². The first-order chi connectivity index (χ1) is 12.8. The quantitative estimate of drug-likeness (QED) is 0.719. The molecule has 0 fully saturated rings. The molecule has 26 heavy (non-hydrogen) atoms. The van der Waals surface area contributed by atoms with Crippen molar-refractivity contribution in [2.24, 2.45) is 0 Å². The molecule has 4 rings (SSSR count). The van der Waals surface area contributed by atoms with Crippen molar-refractivity contribution >= 4 is 5.91 Å². The van der Waals surface area contributed by atoms with Gasteiger partial charge in [0.05, 0.1) is 32.0 Å². The summed E-state index contributed by atoms with van der Waals surface area (Å²) >= 11 is 0. The Kier molecular flexibility index (Phi) is 4.70. The lowest BCUT2D eigenvalue weighted by molar-refractivity contribution is 0.0103.